The predicted molar refractivity (Wildman–Crippen MR) is 86.4 cm³/mol. The molecule has 0 aromatic heterocycles. The third kappa shape index (κ3) is 3.99. The number of nitrogens with zero attached hydrogens (tertiary/aromatic N) is 1. The molecule has 1 aliphatic carbocycles. The normalized spacial score (nSPS) is 21.1. The first-order chi connectivity index (χ1) is 11.8. The molecule has 0 bridgehead atoms. The molecule has 2 fully saturated rings. The number of carbonyl (C=O) groups excluding carboxylic acids is 1. The lowest BCUT2D eigenvalue weighted by atomic mass is 10.2. The number of benzene rings is 1. The average Bonchev–Trinajstić information content (AvgIpc) is 3.40. The molecule has 1 saturated heterocycles. The Hall–Kier alpha value is -1.58. The second-order valence-electron chi connectivity index (χ2n) is 6.64. The largest absolute Gasteiger partial charge is 0.348 e. The van der Waals surface area contributed by atoms with Gasteiger partial charge in [0.15, 0.2) is 6.04 Å². The highest BCUT2D eigenvalue weighted by Gasteiger charge is 2.36. The molecule has 6 nitrogen and oxygen atoms in total. The van der Waals surface area contributed by atoms with E-state index in [1.807, 2.05) is 6.92 Å². The van der Waals surface area contributed by atoms with Gasteiger partial charge in [-0.2, -0.15) is 4.31 Å². The summed E-state index contributed by atoms with van der Waals surface area (Å²) in [7, 11) is -4.09. The van der Waals surface area contributed by atoms with Gasteiger partial charge in [0.25, 0.3) is 5.91 Å². The molecule has 1 heterocycles. The zero-order chi connectivity index (χ0) is 18.2. The average molecular weight is 374 g/mol. The molecule has 1 aromatic carbocycles. The Kier molecular flexibility index (Phi) is 5.08. The van der Waals surface area contributed by atoms with E-state index in [1.165, 1.54) is 0 Å². The van der Waals surface area contributed by atoms with Gasteiger partial charge in [-0.3, -0.25) is 4.79 Å². The minimum atomic E-state index is -4.09. The summed E-state index contributed by atoms with van der Waals surface area (Å²) in [6.07, 6.45) is 2.03. The lowest BCUT2D eigenvalue weighted by Gasteiger charge is -2.34. The summed E-state index contributed by atoms with van der Waals surface area (Å²) in [6.45, 7) is 3.03. The van der Waals surface area contributed by atoms with E-state index in [-0.39, 0.29) is 31.1 Å². The Labute approximate surface area is 145 Å². The Morgan fingerprint density at radius 2 is 1.92 bits per heavy atom. The van der Waals surface area contributed by atoms with E-state index in [0.717, 1.165) is 34.2 Å². The molecule has 1 amide bonds. The molecule has 2 aliphatic rings. The maximum Gasteiger partial charge on any atom is 0.278 e. The van der Waals surface area contributed by atoms with E-state index in [9.17, 15) is 22.0 Å². The fourth-order valence-corrected chi connectivity index (χ4v) is 4.52. The first-order valence-corrected chi connectivity index (χ1v) is 9.83. The number of piperazine rings is 1. The Morgan fingerprint density at radius 1 is 1.28 bits per heavy atom. The number of sulfonamides is 1. The molecule has 1 aromatic rings. The zero-order valence-corrected chi connectivity index (χ0v) is 14.8. The molecule has 0 spiro atoms. The predicted octanol–water partition coefficient (Wildman–Crippen LogP) is -0.479. The molecule has 2 N–H and O–H groups in total. The smallest absolute Gasteiger partial charge is 0.278 e. The molecular weight excluding hydrogens is 352 g/mol. The Bertz CT molecular complexity index is 760. The van der Waals surface area contributed by atoms with Gasteiger partial charge in [-0.1, -0.05) is 0 Å². The van der Waals surface area contributed by atoms with Crippen LogP contribution in [0.3, 0.4) is 0 Å². The van der Waals surface area contributed by atoms with Crippen LogP contribution in [-0.4, -0.2) is 56.9 Å². The Balaban J connectivity index is 1.64. The van der Waals surface area contributed by atoms with Crippen molar-refractivity contribution in [2.24, 2.45) is 0 Å². The number of nitrogens with one attached hydrogen (secondary N) is 2. The van der Waals surface area contributed by atoms with Crippen molar-refractivity contribution in [1.29, 1.82) is 0 Å². The van der Waals surface area contributed by atoms with Crippen molar-refractivity contribution in [3.63, 3.8) is 0 Å². The first-order valence-electron chi connectivity index (χ1n) is 8.39. The van der Waals surface area contributed by atoms with E-state index in [0.29, 0.717) is 19.2 Å². The molecule has 1 saturated carbocycles. The van der Waals surface area contributed by atoms with Crippen LogP contribution in [0.2, 0.25) is 0 Å². The van der Waals surface area contributed by atoms with E-state index < -0.39 is 26.6 Å². The second kappa shape index (κ2) is 6.97. The first kappa shape index (κ1) is 18.2. The van der Waals surface area contributed by atoms with Gasteiger partial charge in [0.2, 0.25) is 10.0 Å². The minimum absolute atomic E-state index is 0.0232. The zero-order valence-electron chi connectivity index (χ0n) is 14.0. The van der Waals surface area contributed by atoms with Crippen molar-refractivity contribution in [1.82, 2.24) is 9.62 Å². The van der Waals surface area contributed by atoms with E-state index in [2.05, 4.69) is 5.32 Å². The third-order valence-electron chi connectivity index (χ3n) is 4.81. The van der Waals surface area contributed by atoms with Crippen molar-refractivity contribution in [2.75, 3.05) is 26.2 Å². The molecule has 0 radical (unpaired) electrons. The van der Waals surface area contributed by atoms with Crippen LogP contribution in [0.15, 0.2) is 23.1 Å². The molecule has 25 heavy (non-hydrogen) atoms. The van der Waals surface area contributed by atoms with Crippen molar-refractivity contribution in [2.45, 2.75) is 36.7 Å². The van der Waals surface area contributed by atoms with Crippen molar-refractivity contribution in [3.05, 3.63) is 29.8 Å². The fraction of sp³-hybridized carbons (Fsp3) is 0.562. The number of rotatable bonds is 5. The summed E-state index contributed by atoms with van der Waals surface area (Å²) in [5.41, 5.74) is 0. The van der Waals surface area contributed by atoms with Gasteiger partial charge in [0.05, 0.1) is 26.2 Å². The molecule has 1 atom stereocenters. The Morgan fingerprint density at radius 3 is 2.52 bits per heavy atom. The maximum atomic E-state index is 13.8. The summed E-state index contributed by atoms with van der Waals surface area (Å²) in [6, 6.07) is 2.42. The van der Waals surface area contributed by atoms with Crippen LogP contribution in [0.5, 0.6) is 0 Å². The number of carbonyl (C=O) groups is 1. The second-order valence-corrected chi connectivity index (χ2v) is 8.55. The van der Waals surface area contributed by atoms with Crippen LogP contribution in [0.1, 0.15) is 19.8 Å². The van der Waals surface area contributed by atoms with Gasteiger partial charge in [-0.05, 0) is 38.0 Å². The number of hydrogen-bond acceptors (Lipinski definition) is 3. The highest BCUT2D eigenvalue weighted by molar-refractivity contribution is 7.89. The van der Waals surface area contributed by atoms with Gasteiger partial charge in [-0.25, -0.2) is 17.2 Å². The van der Waals surface area contributed by atoms with Gasteiger partial charge in [0, 0.05) is 6.04 Å². The van der Waals surface area contributed by atoms with Crippen molar-refractivity contribution >= 4 is 15.9 Å². The third-order valence-corrected chi connectivity index (χ3v) is 6.72. The van der Waals surface area contributed by atoms with Crippen molar-refractivity contribution in [3.8, 4) is 0 Å². The number of quaternary nitrogens is 1. The molecule has 138 valence electrons. The summed E-state index contributed by atoms with van der Waals surface area (Å²) >= 11 is 0. The van der Waals surface area contributed by atoms with E-state index >= 15 is 0 Å². The van der Waals surface area contributed by atoms with Crippen LogP contribution in [0, 0.1) is 11.6 Å². The van der Waals surface area contributed by atoms with Crippen molar-refractivity contribution < 1.29 is 26.9 Å². The van der Waals surface area contributed by atoms with E-state index in [4.69, 9.17) is 0 Å². The highest BCUT2D eigenvalue weighted by atomic mass is 32.2. The topological polar surface area (TPSA) is 70.9 Å². The molecular formula is C16H22F2N3O3S+. The SMILES string of the molecule is C[C@@H](C(=O)NC1CC1)[NH+]1CCN(S(=O)(=O)c2cc(F)ccc2F)CC1. The van der Waals surface area contributed by atoms with Gasteiger partial charge >= 0.3 is 0 Å². The van der Waals surface area contributed by atoms with Crippen LogP contribution in [0.4, 0.5) is 8.78 Å². The van der Waals surface area contributed by atoms with Crippen LogP contribution in [0.25, 0.3) is 0 Å². The van der Waals surface area contributed by atoms with Gasteiger partial charge in [-0.15, -0.1) is 0 Å². The summed E-state index contributed by atoms with van der Waals surface area (Å²) in [5.74, 6) is -1.78. The lowest BCUT2D eigenvalue weighted by Crippen LogP contribution is -3.19. The number of halogens is 2. The summed E-state index contributed by atoms with van der Waals surface area (Å²) < 4.78 is 53.4. The van der Waals surface area contributed by atoms with Crippen LogP contribution in [-0.2, 0) is 14.8 Å². The molecule has 9 heteroatoms. The van der Waals surface area contributed by atoms with Gasteiger partial charge < -0.3 is 10.2 Å². The summed E-state index contributed by atoms with van der Waals surface area (Å²) in [4.78, 5) is 12.5. The number of amides is 1. The molecule has 0 unspecified atom stereocenters. The molecule has 3 rings (SSSR count). The minimum Gasteiger partial charge on any atom is -0.348 e. The monoisotopic (exact) mass is 374 g/mol. The van der Waals surface area contributed by atoms with E-state index in [1.54, 1.807) is 0 Å². The molecule has 1 aliphatic heterocycles. The summed E-state index contributed by atoms with van der Waals surface area (Å²) in [5, 5.41) is 2.95. The maximum absolute atomic E-state index is 13.8. The standard InChI is InChI=1S/C16H21F2N3O3S/c1-11(16(22)19-13-3-4-13)20-6-8-21(9-7-20)25(23,24)15-10-12(17)2-5-14(15)18/h2,5,10-11,13H,3-4,6-9H2,1H3,(H,19,22)/p+1/t11-/m0/s1. The van der Waals surface area contributed by atoms with Crippen LogP contribution >= 0.6 is 0 Å². The lowest BCUT2D eigenvalue weighted by molar-refractivity contribution is -0.917. The fourth-order valence-electron chi connectivity index (χ4n) is 3.00. The number of hydrogen-bond donors (Lipinski definition) is 2. The highest BCUT2D eigenvalue weighted by Crippen LogP contribution is 2.20. The van der Waals surface area contributed by atoms with Crippen LogP contribution < -0.4 is 10.2 Å². The quantitative estimate of drug-likeness (QED) is 0.732. The van der Waals surface area contributed by atoms with Gasteiger partial charge in [0.1, 0.15) is 16.5 Å².